The molecule has 1 atom stereocenters. The lowest BCUT2D eigenvalue weighted by atomic mass is 10.3. The molecule has 0 aliphatic rings. The van der Waals surface area contributed by atoms with Crippen molar-refractivity contribution in [2.24, 2.45) is 0 Å². The Kier molecular flexibility index (Phi) is 5.10. The lowest BCUT2D eigenvalue weighted by molar-refractivity contribution is 0.208. The standard InChI is InChI=1S/C14H21N3OS/c1-11(18)10-15-14-16-12-6-3-4-7-13(12)17(14)8-5-9-19-2/h3-4,6-7,11,18H,5,8-10H2,1-2H3,(H,15,16). The minimum Gasteiger partial charge on any atom is -0.392 e. The molecular weight excluding hydrogens is 258 g/mol. The van der Waals surface area contributed by atoms with Gasteiger partial charge in [0.25, 0.3) is 0 Å². The van der Waals surface area contributed by atoms with Crippen LogP contribution in [-0.2, 0) is 6.54 Å². The lowest BCUT2D eigenvalue weighted by Crippen LogP contribution is -2.18. The van der Waals surface area contributed by atoms with E-state index in [1.807, 2.05) is 30.0 Å². The molecule has 19 heavy (non-hydrogen) atoms. The van der Waals surface area contributed by atoms with Crippen molar-refractivity contribution in [3.63, 3.8) is 0 Å². The average molecular weight is 279 g/mol. The second-order valence-electron chi connectivity index (χ2n) is 4.65. The van der Waals surface area contributed by atoms with Crippen LogP contribution in [0.3, 0.4) is 0 Å². The van der Waals surface area contributed by atoms with E-state index in [0.29, 0.717) is 6.54 Å². The number of thioether (sulfide) groups is 1. The Morgan fingerprint density at radius 3 is 2.95 bits per heavy atom. The van der Waals surface area contributed by atoms with Crippen molar-refractivity contribution < 1.29 is 5.11 Å². The molecule has 0 bridgehead atoms. The Hall–Kier alpha value is -1.20. The first kappa shape index (κ1) is 14.2. The van der Waals surface area contributed by atoms with Gasteiger partial charge in [-0.25, -0.2) is 4.98 Å². The van der Waals surface area contributed by atoms with E-state index < -0.39 is 0 Å². The van der Waals surface area contributed by atoms with Crippen LogP contribution in [-0.4, -0.2) is 39.3 Å². The number of aliphatic hydroxyl groups is 1. The summed E-state index contributed by atoms with van der Waals surface area (Å²) in [6.45, 7) is 3.24. The van der Waals surface area contributed by atoms with Crippen molar-refractivity contribution in [3.05, 3.63) is 24.3 Å². The molecule has 0 aliphatic heterocycles. The van der Waals surface area contributed by atoms with Crippen LogP contribution in [0.4, 0.5) is 5.95 Å². The van der Waals surface area contributed by atoms with Crippen molar-refractivity contribution in [2.75, 3.05) is 23.9 Å². The monoisotopic (exact) mass is 279 g/mol. The van der Waals surface area contributed by atoms with Gasteiger partial charge in [-0.3, -0.25) is 0 Å². The number of rotatable bonds is 7. The molecule has 2 rings (SSSR count). The molecule has 0 saturated heterocycles. The number of imidazole rings is 1. The van der Waals surface area contributed by atoms with E-state index in [0.717, 1.165) is 35.7 Å². The number of hydrogen-bond donors (Lipinski definition) is 2. The van der Waals surface area contributed by atoms with Crippen LogP contribution in [0.25, 0.3) is 11.0 Å². The van der Waals surface area contributed by atoms with Crippen LogP contribution < -0.4 is 5.32 Å². The van der Waals surface area contributed by atoms with E-state index in [1.54, 1.807) is 6.92 Å². The first-order chi connectivity index (χ1) is 9.22. The van der Waals surface area contributed by atoms with Gasteiger partial charge in [0.1, 0.15) is 0 Å². The van der Waals surface area contributed by atoms with E-state index in [9.17, 15) is 5.11 Å². The minimum absolute atomic E-state index is 0.376. The number of fused-ring (bicyclic) bond motifs is 1. The fourth-order valence-corrected chi connectivity index (χ4v) is 2.46. The third kappa shape index (κ3) is 3.64. The molecule has 104 valence electrons. The van der Waals surface area contributed by atoms with Gasteiger partial charge in [0, 0.05) is 13.1 Å². The molecule has 0 amide bonds. The number of aromatic nitrogens is 2. The molecule has 1 aromatic heterocycles. The van der Waals surface area contributed by atoms with Crippen molar-refractivity contribution in [2.45, 2.75) is 26.0 Å². The Morgan fingerprint density at radius 1 is 1.42 bits per heavy atom. The lowest BCUT2D eigenvalue weighted by Gasteiger charge is -2.11. The van der Waals surface area contributed by atoms with Crippen molar-refractivity contribution in [1.82, 2.24) is 9.55 Å². The fraction of sp³-hybridized carbons (Fsp3) is 0.500. The Morgan fingerprint density at radius 2 is 2.21 bits per heavy atom. The van der Waals surface area contributed by atoms with Gasteiger partial charge in [-0.2, -0.15) is 11.8 Å². The van der Waals surface area contributed by atoms with E-state index in [-0.39, 0.29) is 6.10 Å². The van der Waals surface area contributed by atoms with Gasteiger partial charge in [0.15, 0.2) is 0 Å². The van der Waals surface area contributed by atoms with Gasteiger partial charge in [0.2, 0.25) is 5.95 Å². The maximum atomic E-state index is 9.39. The highest BCUT2D eigenvalue weighted by molar-refractivity contribution is 7.98. The van der Waals surface area contributed by atoms with Crippen LogP contribution in [0.1, 0.15) is 13.3 Å². The minimum atomic E-state index is -0.376. The molecule has 0 fully saturated rings. The van der Waals surface area contributed by atoms with Gasteiger partial charge >= 0.3 is 0 Å². The number of hydrogen-bond acceptors (Lipinski definition) is 4. The van der Waals surface area contributed by atoms with Crippen molar-refractivity contribution in [1.29, 1.82) is 0 Å². The highest BCUT2D eigenvalue weighted by Gasteiger charge is 2.10. The fourth-order valence-electron chi connectivity index (χ4n) is 2.04. The Bertz CT molecular complexity index is 524. The number of anilines is 1. The van der Waals surface area contributed by atoms with Crippen molar-refractivity contribution in [3.8, 4) is 0 Å². The maximum Gasteiger partial charge on any atom is 0.203 e. The van der Waals surface area contributed by atoms with E-state index in [4.69, 9.17) is 0 Å². The Labute approximate surface area is 118 Å². The van der Waals surface area contributed by atoms with E-state index in [1.165, 1.54) is 0 Å². The Balaban J connectivity index is 2.23. The first-order valence-corrected chi connectivity index (χ1v) is 7.98. The third-order valence-corrected chi connectivity index (χ3v) is 3.64. The summed E-state index contributed by atoms with van der Waals surface area (Å²) in [6.07, 6.45) is 2.86. The van der Waals surface area contributed by atoms with Gasteiger partial charge in [-0.1, -0.05) is 12.1 Å². The molecule has 0 spiro atoms. The molecule has 0 saturated carbocycles. The van der Waals surface area contributed by atoms with Gasteiger partial charge < -0.3 is 15.0 Å². The second-order valence-corrected chi connectivity index (χ2v) is 5.64. The quantitative estimate of drug-likeness (QED) is 0.765. The molecule has 5 heteroatoms. The van der Waals surface area contributed by atoms with Crippen LogP contribution in [0.5, 0.6) is 0 Å². The zero-order chi connectivity index (χ0) is 13.7. The second kappa shape index (κ2) is 6.82. The molecular formula is C14H21N3OS. The molecule has 1 unspecified atom stereocenters. The SMILES string of the molecule is CSCCCn1c(NCC(C)O)nc2ccccc21. The normalized spacial score (nSPS) is 12.8. The summed E-state index contributed by atoms with van der Waals surface area (Å²) >= 11 is 1.86. The molecule has 4 nitrogen and oxygen atoms in total. The van der Waals surface area contributed by atoms with Gasteiger partial charge in [-0.05, 0) is 37.5 Å². The number of benzene rings is 1. The molecule has 2 aromatic rings. The summed E-state index contributed by atoms with van der Waals surface area (Å²) in [5, 5.41) is 12.6. The third-order valence-electron chi connectivity index (χ3n) is 2.94. The summed E-state index contributed by atoms with van der Waals surface area (Å²) < 4.78 is 2.20. The first-order valence-electron chi connectivity index (χ1n) is 6.58. The predicted molar refractivity (Wildman–Crippen MR) is 82.9 cm³/mol. The maximum absolute atomic E-state index is 9.39. The van der Waals surface area contributed by atoms with E-state index >= 15 is 0 Å². The highest BCUT2D eigenvalue weighted by atomic mass is 32.2. The van der Waals surface area contributed by atoms with Crippen molar-refractivity contribution >= 4 is 28.7 Å². The molecule has 0 aliphatic carbocycles. The number of nitrogens with one attached hydrogen (secondary N) is 1. The average Bonchev–Trinajstić information content (AvgIpc) is 2.75. The summed E-state index contributed by atoms with van der Waals surface area (Å²) in [6, 6.07) is 8.15. The zero-order valence-electron chi connectivity index (χ0n) is 11.5. The number of aryl methyl sites for hydroxylation is 1. The van der Waals surface area contributed by atoms with E-state index in [2.05, 4.69) is 27.2 Å². The van der Waals surface area contributed by atoms with Crippen LogP contribution in [0, 0.1) is 0 Å². The molecule has 2 N–H and O–H groups in total. The summed E-state index contributed by atoms with van der Waals surface area (Å²) in [4.78, 5) is 4.60. The molecule has 0 radical (unpaired) electrons. The largest absolute Gasteiger partial charge is 0.392 e. The highest BCUT2D eigenvalue weighted by Crippen LogP contribution is 2.20. The number of aliphatic hydroxyl groups excluding tert-OH is 1. The molecule has 1 aromatic carbocycles. The molecule has 1 heterocycles. The summed E-state index contributed by atoms with van der Waals surface area (Å²) in [5.74, 6) is 1.99. The zero-order valence-corrected chi connectivity index (χ0v) is 12.3. The topological polar surface area (TPSA) is 50.1 Å². The number of para-hydroxylation sites is 2. The van der Waals surface area contributed by atoms with Gasteiger partial charge in [-0.15, -0.1) is 0 Å². The summed E-state index contributed by atoms with van der Waals surface area (Å²) in [5.41, 5.74) is 2.15. The van der Waals surface area contributed by atoms with Crippen LogP contribution in [0.15, 0.2) is 24.3 Å². The van der Waals surface area contributed by atoms with Gasteiger partial charge in [0.05, 0.1) is 17.1 Å². The smallest absolute Gasteiger partial charge is 0.203 e. The van der Waals surface area contributed by atoms with Crippen LogP contribution >= 0.6 is 11.8 Å². The predicted octanol–water partition coefficient (Wildman–Crippen LogP) is 2.58. The van der Waals surface area contributed by atoms with Crippen LogP contribution in [0.2, 0.25) is 0 Å². The number of nitrogens with zero attached hydrogens (tertiary/aromatic N) is 2. The summed E-state index contributed by atoms with van der Waals surface area (Å²) in [7, 11) is 0.